The number of likely N-dealkylation sites (N-methyl/N-ethyl adjacent to an activating group) is 1. The average Bonchev–Trinajstić information content (AvgIpc) is 3.08. The van der Waals surface area contributed by atoms with Crippen molar-refractivity contribution in [1.29, 1.82) is 0 Å². The van der Waals surface area contributed by atoms with Crippen LogP contribution in [0.2, 0.25) is 0 Å². The minimum atomic E-state index is -3.73. The fourth-order valence-electron chi connectivity index (χ4n) is 2.38. The van der Waals surface area contributed by atoms with Gasteiger partial charge in [0.15, 0.2) is 11.5 Å². The highest BCUT2D eigenvalue weighted by Crippen LogP contribution is 2.32. The number of hydrogen-bond acceptors (Lipinski definition) is 5. The molecular formula is C17H17BrN2O5S. The number of rotatable bonds is 6. The van der Waals surface area contributed by atoms with Crippen LogP contribution in [0.15, 0.2) is 51.8 Å². The summed E-state index contributed by atoms with van der Waals surface area (Å²) in [5.41, 5.74) is 0.834. The first kappa shape index (κ1) is 18.7. The molecule has 2 aromatic carbocycles. The zero-order valence-electron chi connectivity index (χ0n) is 13.9. The Morgan fingerprint density at radius 2 is 1.85 bits per heavy atom. The van der Waals surface area contributed by atoms with Gasteiger partial charge in [-0.3, -0.25) is 4.79 Å². The van der Waals surface area contributed by atoms with Gasteiger partial charge in [-0.15, -0.1) is 0 Å². The Balaban J connectivity index is 1.58. The number of halogens is 1. The van der Waals surface area contributed by atoms with Crippen molar-refractivity contribution in [2.24, 2.45) is 0 Å². The third-order valence-electron chi connectivity index (χ3n) is 3.81. The van der Waals surface area contributed by atoms with Gasteiger partial charge < -0.3 is 14.8 Å². The quantitative estimate of drug-likeness (QED) is 0.743. The van der Waals surface area contributed by atoms with Gasteiger partial charge in [0, 0.05) is 18.1 Å². The van der Waals surface area contributed by atoms with Crippen LogP contribution in [0.25, 0.3) is 0 Å². The van der Waals surface area contributed by atoms with Crippen LogP contribution in [0.5, 0.6) is 11.5 Å². The molecule has 0 saturated heterocycles. The van der Waals surface area contributed by atoms with Crippen molar-refractivity contribution in [3.05, 3.63) is 52.5 Å². The Morgan fingerprint density at radius 3 is 2.58 bits per heavy atom. The lowest BCUT2D eigenvalue weighted by Crippen LogP contribution is -2.38. The minimum Gasteiger partial charge on any atom is -0.454 e. The van der Waals surface area contributed by atoms with E-state index in [1.165, 1.54) is 19.2 Å². The van der Waals surface area contributed by atoms with Crippen LogP contribution < -0.4 is 14.8 Å². The normalized spacial score (nSPS) is 13.0. The first-order valence-corrected chi connectivity index (χ1v) is 9.97. The van der Waals surface area contributed by atoms with Crippen LogP contribution in [0.4, 0.5) is 0 Å². The van der Waals surface area contributed by atoms with Crippen molar-refractivity contribution in [3.8, 4) is 11.5 Å². The van der Waals surface area contributed by atoms with E-state index in [4.69, 9.17) is 9.47 Å². The molecule has 1 heterocycles. The van der Waals surface area contributed by atoms with E-state index in [1.54, 1.807) is 24.3 Å². The highest BCUT2D eigenvalue weighted by molar-refractivity contribution is 9.10. The van der Waals surface area contributed by atoms with E-state index in [0.29, 0.717) is 11.5 Å². The molecule has 0 unspecified atom stereocenters. The van der Waals surface area contributed by atoms with Crippen molar-refractivity contribution in [2.75, 3.05) is 20.4 Å². The van der Waals surface area contributed by atoms with Gasteiger partial charge in [-0.1, -0.05) is 22.0 Å². The first-order valence-electron chi connectivity index (χ1n) is 7.73. The molecule has 0 fully saturated rings. The topological polar surface area (TPSA) is 84.9 Å². The SMILES string of the molecule is CN(CC(=O)NCc1ccc2c(c1)OCO2)S(=O)(=O)c1ccc(Br)cc1. The number of fused-ring (bicyclic) bond motifs is 1. The van der Waals surface area contributed by atoms with E-state index in [2.05, 4.69) is 21.2 Å². The van der Waals surface area contributed by atoms with Gasteiger partial charge in [0.2, 0.25) is 22.7 Å². The lowest BCUT2D eigenvalue weighted by atomic mass is 10.2. The molecule has 9 heteroatoms. The van der Waals surface area contributed by atoms with Crippen LogP contribution >= 0.6 is 15.9 Å². The number of amides is 1. The Kier molecular flexibility index (Phi) is 5.49. The maximum Gasteiger partial charge on any atom is 0.243 e. The Morgan fingerprint density at radius 1 is 1.15 bits per heavy atom. The van der Waals surface area contributed by atoms with Gasteiger partial charge in [-0.05, 0) is 42.0 Å². The Labute approximate surface area is 160 Å². The standard InChI is InChI=1S/C17H17BrN2O5S/c1-20(26(22,23)14-5-3-13(18)4-6-14)10-17(21)19-9-12-2-7-15-16(8-12)25-11-24-15/h2-8H,9-11H2,1H3,(H,19,21). The zero-order valence-corrected chi connectivity index (χ0v) is 16.3. The Hall–Kier alpha value is -2.10. The lowest BCUT2D eigenvalue weighted by molar-refractivity contribution is -0.121. The molecule has 1 N–H and O–H groups in total. The van der Waals surface area contributed by atoms with Crippen molar-refractivity contribution in [1.82, 2.24) is 9.62 Å². The summed E-state index contributed by atoms with van der Waals surface area (Å²) in [5, 5.41) is 2.70. The van der Waals surface area contributed by atoms with Crippen LogP contribution in [0.3, 0.4) is 0 Å². The number of hydrogen-bond donors (Lipinski definition) is 1. The van der Waals surface area contributed by atoms with E-state index in [-0.39, 0.29) is 24.8 Å². The molecule has 0 aromatic heterocycles. The molecule has 2 aromatic rings. The van der Waals surface area contributed by atoms with Gasteiger partial charge in [-0.25, -0.2) is 8.42 Å². The molecule has 26 heavy (non-hydrogen) atoms. The van der Waals surface area contributed by atoms with E-state index in [9.17, 15) is 13.2 Å². The maximum absolute atomic E-state index is 12.5. The van der Waals surface area contributed by atoms with E-state index in [1.807, 2.05) is 6.07 Å². The van der Waals surface area contributed by atoms with Crippen molar-refractivity contribution in [2.45, 2.75) is 11.4 Å². The number of carbonyl (C=O) groups excluding carboxylic acids is 1. The Bertz CT molecular complexity index is 915. The monoisotopic (exact) mass is 440 g/mol. The van der Waals surface area contributed by atoms with Gasteiger partial charge in [0.25, 0.3) is 0 Å². The van der Waals surface area contributed by atoms with Gasteiger partial charge in [-0.2, -0.15) is 4.31 Å². The summed E-state index contributed by atoms with van der Waals surface area (Å²) in [6, 6.07) is 11.6. The fourth-order valence-corrected chi connectivity index (χ4v) is 3.77. The molecule has 138 valence electrons. The second-order valence-electron chi connectivity index (χ2n) is 5.68. The summed E-state index contributed by atoms with van der Waals surface area (Å²) in [6.07, 6.45) is 0. The second-order valence-corrected chi connectivity index (χ2v) is 8.64. The van der Waals surface area contributed by atoms with Gasteiger partial charge in [0.05, 0.1) is 11.4 Å². The summed E-state index contributed by atoms with van der Waals surface area (Å²) < 4.78 is 37.3. The van der Waals surface area contributed by atoms with Crippen LogP contribution in [0, 0.1) is 0 Å². The molecule has 0 atom stereocenters. The second kappa shape index (κ2) is 7.65. The van der Waals surface area contributed by atoms with Crippen molar-refractivity contribution in [3.63, 3.8) is 0 Å². The fraction of sp³-hybridized carbons (Fsp3) is 0.235. The van der Waals surface area contributed by atoms with Crippen LogP contribution in [-0.4, -0.2) is 39.0 Å². The summed E-state index contributed by atoms with van der Waals surface area (Å²) in [5.74, 6) is 0.901. The number of sulfonamides is 1. The molecular weight excluding hydrogens is 424 g/mol. The summed E-state index contributed by atoms with van der Waals surface area (Å²) in [7, 11) is -2.35. The highest BCUT2D eigenvalue weighted by Gasteiger charge is 2.23. The zero-order chi connectivity index (χ0) is 18.7. The minimum absolute atomic E-state index is 0.131. The maximum atomic E-state index is 12.5. The third kappa shape index (κ3) is 4.17. The van der Waals surface area contributed by atoms with Gasteiger partial charge >= 0.3 is 0 Å². The summed E-state index contributed by atoms with van der Waals surface area (Å²) in [6.45, 7) is 0.175. The summed E-state index contributed by atoms with van der Waals surface area (Å²) in [4.78, 5) is 12.2. The molecule has 0 bridgehead atoms. The predicted molar refractivity (Wildman–Crippen MR) is 98.4 cm³/mol. The largest absolute Gasteiger partial charge is 0.454 e. The molecule has 1 aliphatic rings. The predicted octanol–water partition coefficient (Wildman–Crippen LogP) is 2.11. The number of carbonyl (C=O) groups is 1. The number of nitrogens with zero attached hydrogens (tertiary/aromatic N) is 1. The molecule has 0 saturated carbocycles. The van der Waals surface area contributed by atoms with Crippen LogP contribution in [-0.2, 0) is 21.4 Å². The lowest BCUT2D eigenvalue weighted by Gasteiger charge is -2.17. The number of nitrogens with one attached hydrogen (secondary N) is 1. The van der Waals surface area contributed by atoms with Crippen LogP contribution in [0.1, 0.15) is 5.56 Å². The smallest absolute Gasteiger partial charge is 0.243 e. The molecule has 0 spiro atoms. The number of ether oxygens (including phenoxy) is 2. The molecule has 0 aliphatic carbocycles. The number of benzene rings is 2. The highest BCUT2D eigenvalue weighted by atomic mass is 79.9. The summed E-state index contributed by atoms with van der Waals surface area (Å²) >= 11 is 3.26. The average molecular weight is 441 g/mol. The molecule has 7 nitrogen and oxygen atoms in total. The molecule has 3 rings (SSSR count). The molecule has 1 aliphatic heterocycles. The molecule has 1 amide bonds. The first-order chi connectivity index (χ1) is 12.4. The van der Waals surface area contributed by atoms with Gasteiger partial charge in [0.1, 0.15) is 0 Å². The van der Waals surface area contributed by atoms with E-state index >= 15 is 0 Å². The van der Waals surface area contributed by atoms with E-state index < -0.39 is 15.9 Å². The van der Waals surface area contributed by atoms with Crippen molar-refractivity contribution >= 4 is 31.9 Å². The third-order valence-corrected chi connectivity index (χ3v) is 6.16. The van der Waals surface area contributed by atoms with E-state index in [0.717, 1.165) is 14.3 Å². The van der Waals surface area contributed by atoms with Crippen molar-refractivity contribution < 1.29 is 22.7 Å². The molecule has 0 radical (unpaired) electrons.